The Labute approximate surface area is 230 Å². The molecule has 0 aliphatic carbocycles. The molecule has 6 atom stereocenters. The van der Waals surface area contributed by atoms with Crippen molar-refractivity contribution in [1.29, 1.82) is 0 Å². The quantitative estimate of drug-likeness (QED) is 0.200. The van der Waals surface area contributed by atoms with Crippen molar-refractivity contribution < 1.29 is 28.2 Å². The second-order valence-corrected chi connectivity index (χ2v) is 16.8. The smallest absolute Gasteiger partial charge is 0.309 e. The van der Waals surface area contributed by atoms with Crippen LogP contribution in [-0.4, -0.2) is 51.6 Å². The van der Waals surface area contributed by atoms with E-state index in [0.29, 0.717) is 12.8 Å². The Kier molecular flexibility index (Phi) is 13.3. The van der Waals surface area contributed by atoms with Crippen LogP contribution in [0.3, 0.4) is 0 Å². The van der Waals surface area contributed by atoms with Crippen molar-refractivity contribution in [2.45, 2.75) is 158 Å². The van der Waals surface area contributed by atoms with Crippen molar-refractivity contribution in [3.05, 3.63) is 0 Å². The summed E-state index contributed by atoms with van der Waals surface area (Å²) in [5.41, 5.74) is -1.38. The second kappa shape index (κ2) is 15.1. The molecule has 6 unspecified atom stereocenters. The minimum Gasteiger partial charge on any atom is -0.481 e. The molecule has 0 amide bonds. The zero-order valence-electron chi connectivity index (χ0n) is 23.7. The van der Waals surface area contributed by atoms with Gasteiger partial charge in [0, 0.05) is 42.6 Å². The van der Waals surface area contributed by atoms with E-state index in [9.17, 15) is 28.2 Å². The lowest BCUT2D eigenvalue weighted by Crippen LogP contribution is -2.33. The number of rotatable bonds is 16. The lowest BCUT2D eigenvalue weighted by molar-refractivity contribution is -0.148. The molecule has 2 N–H and O–H groups in total. The van der Waals surface area contributed by atoms with Crippen molar-refractivity contribution in [2.75, 3.05) is 0 Å². The molecule has 0 aromatic heterocycles. The highest BCUT2D eigenvalue weighted by molar-refractivity contribution is 7.86. The molecule has 216 valence electrons. The van der Waals surface area contributed by atoms with E-state index in [1.54, 1.807) is 27.7 Å². The van der Waals surface area contributed by atoms with Crippen LogP contribution in [0.1, 0.15) is 137 Å². The fourth-order valence-electron chi connectivity index (χ4n) is 5.86. The minimum absolute atomic E-state index is 0.242. The summed E-state index contributed by atoms with van der Waals surface area (Å²) >= 11 is 0. The van der Waals surface area contributed by atoms with E-state index in [-0.39, 0.29) is 21.0 Å². The highest BCUT2D eigenvalue weighted by Crippen LogP contribution is 2.33. The Morgan fingerprint density at radius 1 is 0.595 bits per heavy atom. The Morgan fingerprint density at radius 3 is 1.19 bits per heavy atom. The van der Waals surface area contributed by atoms with Gasteiger partial charge in [-0.15, -0.1) is 0 Å². The van der Waals surface area contributed by atoms with Gasteiger partial charge >= 0.3 is 11.9 Å². The third kappa shape index (κ3) is 10.4. The normalized spacial score (nSPS) is 29.2. The van der Waals surface area contributed by atoms with Gasteiger partial charge in [-0.1, -0.05) is 44.9 Å². The third-order valence-corrected chi connectivity index (χ3v) is 13.3. The maximum Gasteiger partial charge on any atom is 0.309 e. The molecule has 2 rings (SSSR count). The maximum absolute atomic E-state index is 13.2. The Morgan fingerprint density at radius 2 is 0.892 bits per heavy atom. The van der Waals surface area contributed by atoms with Crippen LogP contribution >= 0.6 is 0 Å². The summed E-state index contributed by atoms with van der Waals surface area (Å²) in [5.74, 6) is -1.50. The Hall–Kier alpha value is -0.760. The van der Waals surface area contributed by atoms with E-state index in [1.165, 1.54) is 0 Å². The van der Waals surface area contributed by atoms with Crippen LogP contribution in [0.5, 0.6) is 0 Å². The SMILES string of the molecule is CC(C)(CCCCC1CCCC(CCCC2CCCC(CCCCC(C)(C)C(=O)O)S2=O)S1=O)C(=O)O. The van der Waals surface area contributed by atoms with Gasteiger partial charge in [0.25, 0.3) is 0 Å². The average Bonchev–Trinajstić information content (AvgIpc) is 2.83. The summed E-state index contributed by atoms with van der Waals surface area (Å²) in [4.78, 5) is 22.6. The molecule has 2 saturated heterocycles. The molecule has 0 saturated carbocycles. The van der Waals surface area contributed by atoms with Crippen molar-refractivity contribution >= 4 is 33.5 Å². The number of carbonyl (C=O) groups is 2. The average molecular weight is 561 g/mol. The van der Waals surface area contributed by atoms with E-state index in [2.05, 4.69) is 0 Å². The van der Waals surface area contributed by atoms with Gasteiger partial charge in [0.05, 0.1) is 10.8 Å². The molecule has 37 heavy (non-hydrogen) atoms. The molecule has 0 aromatic carbocycles. The van der Waals surface area contributed by atoms with Crippen LogP contribution in [0.4, 0.5) is 0 Å². The summed E-state index contributed by atoms with van der Waals surface area (Å²) in [6, 6.07) is 0. The highest BCUT2D eigenvalue weighted by Gasteiger charge is 2.33. The van der Waals surface area contributed by atoms with Crippen LogP contribution in [0.15, 0.2) is 0 Å². The molecule has 0 bridgehead atoms. The molecule has 0 spiro atoms. The van der Waals surface area contributed by atoms with Crippen LogP contribution in [0.25, 0.3) is 0 Å². The molecule has 2 aliphatic rings. The van der Waals surface area contributed by atoms with E-state index < -0.39 is 44.4 Å². The van der Waals surface area contributed by atoms with Gasteiger partial charge in [0.15, 0.2) is 0 Å². The fraction of sp³-hybridized carbons (Fsp3) is 0.931. The molecule has 2 aliphatic heterocycles. The Bertz CT molecular complexity index is 729. The first-order valence-electron chi connectivity index (χ1n) is 14.6. The van der Waals surface area contributed by atoms with Crippen LogP contribution in [0, 0.1) is 10.8 Å². The van der Waals surface area contributed by atoms with Crippen LogP contribution < -0.4 is 0 Å². The van der Waals surface area contributed by atoms with Gasteiger partial charge in [0.1, 0.15) is 0 Å². The summed E-state index contributed by atoms with van der Waals surface area (Å²) < 4.78 is 26.4. The van der Waals surface area contributed by atoms with Gasteiger partial charge in [-0.2, -0.15) is 0 Å². The standard InChI is InChI=1S/C29H52O6S2/c1-28(2,26(30)31)20-7-5-12-22-14-9-16-24(36(22)34)18-11-19-25-17-10-15-23(37(25)35)13-6-8-21-29(3,4)27(32)33/h22-25H,5-21H2,1-4H3,(H,30,31)(H,32,33). The summed E-state index contributed by atoms with van der Waals surface area (Å²) in [6.45, 7) is 7.09. The number of carboxylic acid groups (broad SMARTS) is 2. The third-order valence-electron chi connectivity index (χ3n) is 8.78. The predicted molar refractivity (Wildman–Crippen MR) is 153 cm³/mol. The van der Waals surface area contributed by atoms with Crippen LogP contribution in [0.2, 0.25) is 0 Å². The second-order valence-electron chi connectivity index (χ2n) is 12.8. The first-order valence-corrected chi connectivity index (χ1v) is 17.2. The molecule has 2 fully saturated rings. The number of hydrogen-bond acceptors (Lipinski definition) is 4. The zero-order valence-corrected chi connectivity index (χ0v) is 25.3. The number of aliphatic carboxylic acids is 2. The molecule has 8 heteroatoms. The minimum atomic E-state index is -0.822. The molecular weight excluding hydrogens is 508 g/mol. The molecular formula is C29H52O6S2. The molecule has 6 nitrogen and oxygen atoms in total. The van der Waals surface area contributed by atoms with Crippen LogP contribution in [-0.2, 0) is 31.2 Å². The van der Waals surface area contributed by atoms with Crippen molar-refractivity contribution in [3.63, 3.8) is 0 Å². The predicted octanol–water partition coefficient (Wildman–Crippen LogP) is 6.84. The molecule has 0 aromatic rings. The lowest BCUT2D eigenvalue weighted by atomic mass is 9.87. The highest BCUT2D eigenvalue weighted by atomic mass is 32.2. The zero-order chi connectivity index (χ0) is 27.6. The van der Waals surface area contributed by atoms with Gasteiger partial charge in [-0.25, -0.2) is 0 Å². The van der Waals surface area contributed by atoms with Crippen molar-refractivity contribution in [1.82, 2.24) is 0 Å². The molecule has 2 heterocycles. The van der Waals surface area contributed by atoms with E-state index in [0.717, 1.165) is 96.3 Å². The summed E-state index contributed by atoms with van der Waals surface area (Å²) in [5, 5.41) is 19.5. The fourth-order valence-corrected chi connectivity index (χ4v) is 10.1. The first kappa shape index (κ1) is 32.5. The van der Waals surface area contributed by atoms with Gasteiger partial charge < -0.3 is 10.2 Å². The van der Waals surface area contributed by atoms with E-state index in [1.807, 2.05) is 0 Å². The maximum atomic E-state index is 13.2. The number of unbranched alkanes of at least 4 members (excludes halogenated alkanes) is 2. The largest absolute Gasteiger partial charge is 0.481 e. The Balaban J connectivity index is 1.70. The van der Waals surface area contributed by atoms with E-state index >= 15 is 0 Å². The molecule has 0 radical (unpaired) electrons. The summed E-state index contributed by atoms with van der Waals surface area (Å²) in [6.07, 6.45) is 16.0. The van der Waals surface area contributed by atoms with Crippen molar-refractivity contribution in [3.8, 4) is 0 Å². The summed E-state index contributed by atoms with van der Waals surface area (Å²) in [7, 11) is -1.64. The van der Waals surface area contributed by atoms with Gasteiger partial charge in [0.2, 0.25) is 0 Å². The topological polar surface area (TPSA) is 109 Å². The van der Waals surface area contributed by atoms with Gasteiger partial charge in [-0.05, 0) is 91.9 Å². The number of carboxylic acids is 2. The van der Waals surface area contributed by atoms with Crippen molar-refractivity contribution in [2.24, 2.45) is 10.8 Å². The lowest BCUT2D eigenvalue weighted by Gasteiger charge is -2.31. The monoisotopic (exact) mass is 560 g/mol. The first-order chi connectivity index (χ1) is 17.3. The van der Waals surface area contributed by atoms with Gasteiger partial charge in [-0.3, -0.25) is 18.0 Å². The van der Waals surface area contributed by atoms with E-state index in [4.69, 9.17) is 0 Å². The number of hydrogen-bond donors (Lipinski definition) is 2.